The van der Waals surface area contributed by atoms with Crippen LogP contribution in [0, 0.1) is 0 Å². The van der Waals surface area contributed by atoms with E-state index < -0.39 is 6.10 Å². The van der Waals surface area contributed by atoms with Gasteiger partial charge in [-0.05, 0) is 30.7 Å². The second kappa shape index (κ2) is 8.12. The number of carbonyl (C=O) groups excluding carboxylic acids is 1. The van der Waals surface area contributed by atoms with Crippen molar-refractivity contribution in [1.29, 1.82) is 0 Å². The van der Waals surface area contributed by atoms with Gasteiger partial charge in [0, 0.05) is 0 Å². The lowest BCUT2D eigenvalue weighted by atomic mass is 10.2. The van der Waals surface area contributed by atoms with Crippen LogP contribution in [0.15, 0.2) is 48.5 Å². The molecule has 0 fully saturated rings. The Kier molecular flexibility index (Phi) is 5.66. The maximum Gasteiger partial charge on any atom is 0.261 e. The van der Waals surface area contributed by atoms with Crippen LogP contribution < -0.4 is 19.5 Å². The third-order valence-electron chi connectivity index (χ3n) is 3.84. The number of fused-ring (bicyclic) bond motifs is 1. The van der Waals surface area contributed by atoms with E-state index in [0.29, 0.717) is 36.1 Å². The second-order valence-corrected chi connectivity index (χ2v) is 6.10. The van der Waals surface area contributed by atoms with Crippen LogP contribution in [0.1, 0.15) is 13.3 Å². The molecular formula is C19H20ClNO4. The zero-order valence-corrected chi connectivity index (χ0v) is 14.7. The minimum atomic E-state index is -0.614. The van der Waals surface area contributed by atoms with E-state index in [-0.39, 0.29) is 12.0 Å². The lowest BCUT2D eigenvalue weighted by molar-refractivity contribution is -0.128. The molecule has 0 saturated heterocycles. The molecule has 2 aromatic carbocycles. The Morgan fingerprint density at radius 1 is 1.24 bits per heavy atom. The summed E-state index contributed by atoms with van der Waals surface area (Å²) in [6.07, 6.45) is -0.324. The molecule has 0 aliphatic carbocycles. The van der Waals surface area contributed by atoms with Crippen molar-refractivity contribution in [3.8, 4) is 17.2 Å². The van der Waals surface area contributed by atoms with Gasteiger partial charge < -0.3 is 19.5 Å². The molecule has 25 heavy (non-hydrogen) atoms. The zero-order valence-electron chi connectivity index (χ0n) is 13.9. The van der Waals surface area contributed by atoms with Crippen LogP contribution >= 0.6 is 11.6 Å². The van der Waals surface area contributed by atoms with E-state index in [4.69, 9.17) is 25.8 Å². The quantitative estimate of drug-likeness (QED) is 0.856. The van der Waals surface area contributed by atoms with Crippen LogP contribution in [0.5, 0.6) is 17.2 Å². The van der Waals surface area contributed by atoms with E-state index in [1.165, 1.54) is 0 Å². The number of hydrogen-bond donors (Lipinski definition) is 1. The van der Waals surface area contributed by atoms with Gasteiger partial charge in [-0.2, -0.15) is 0 Å². The largest absolute Gasteiger partial charge is 0.486 e. The van der Waals surface area contributed by atoms with Crippen molar-refractivity contribution in [3.63, 3.8) is 0 Å². The molecule has 1 N–H and O–H groups in total. The first-order chi connectivity index (χ1) is 12.2. The molecule has 3 rings (SSSR count). The van der Waals surface area contributed by atoms with Gasteiger partial charge in [0.2, 0.25) is 0 Å². The van der Waals surface area contributed by atoms with Gasteiger partial charge in [0.05, 0.1) is 11.6 Å². The lowest BCUT2D eigenvalue weighted by Gasteiger charge is -2.27. The molecule has 1 heterocycles. The lowest BCUT2D eigenvalue weighted by Crippen LogP contribution is -2.45. The third-order valence-corrected chi connectivity index (χ3v) is 4.15. The maximum absolute atomic E-state index is 12.4. The molecule has 0 bridgehead atoms. The zero-order chi connectivity index (χ0) is 17.6. The predicted octanol–water partition coefficient (Wildman–Crippen LogP) is 3.45. The highest BCUT2D eigenvalue weighted by atomic mass is 35.5. The molecule has 2 aromatic rings. The Morgan fingerprint density at radius 2 is 1.96 bits per heavy atom. The Bertz CT molecular complexity index is 737. The Hall–Kier alpha value is -2.40. The molecular weight excluding hydrogens is 342 g/mol. The van der Waals surface area contributed by atoms with Crippen LogP contribution in [-0.2, 0) is 4.79 Å². The third kappa shape index (κ3) is 4.37. The number of hydrogen-bond acceptors (Lipinski definition) is 4. The van der Waals surface area contributed by atoms with E-state index in [9.17, 15) is 4.79 Å². The molecule has 1 aliphatic rings. The van der Waals surface area contributed by atoms with Gasteiger partial charge in [-0.15, -0.1) is 0 Å². The van der Waals surface area contributed by atoms with Gasteiger partial charge >= 0.3 is 0 Å². The smallest absolute Gasteiger partial charge is 0.261 e. The van der Waals surface area contributed by atoms with Crippen LogP contribution in [0.4, 0.5) is 0 Å². The predicted molar refractivity (Wildman–Crippen MR) is 95.5 cm³/mol. The SMILES string of the molecule is CC[C@@H](Oc1ccccc1Cl)C(=O)NC[C@H]1COc2ccccc2O1. The van der Waals surface area contributed by atoms with Gasteiger partial charge in [-0.3, -0.25) is 4.79 Å². The van der Waals surface area contributed by atoms with Crippen molar-refractivity contribution < 1.29 is 19.0 Å². The molecule has 132 valence electrons. The van der Waals surface area contributed by atoms with Crippen molar-refractivity contribution >= 4 is 17.5 Å². The summed E-state index contributed by atoms with van der Waals surface area (Å²) in [6.45, 7) is 2.62. The molecule has 2 atom stereocenters. The molecule has 0 radical (unpaired) electrons. The fourth-order valence-electron chi connectivity index (χ4n) is 2.51. The van der Waals surface area contributed by atoms with Crippen LogP contribution in [0.25, 0.3) is 0 Å². The summed E-state index contributed by atoms with van der Waals surface area (Å²) in [4.78, 5) is 12.4. The standard InChI is InChI=1S/C19H20ClNO4/c1-2-15(25-16-8-4-3-7-14(16)20)19(22)21-11-13-12-23-17-9-5-6-10-18(17)24-13/h3-10,13,15H,2,11-12H2,1H3,(H,21,22)/t13-,15+/m0/s1. The van der Waals surface area contributed by atoms with Gasteiger partial charge in [-0.1, -0.05) is 42.8 Å². The Balaban J connectivity index is 1.54. The minimum absolute atomic E-state index is 0.204. The van der Waals surface area contributed by atoms with Crippen molar-refractivity contribution in [2.24, 2.45) is 0 Å². The highest BCUT2D eigenvalue weighted by Gasteiger charge is 2.24. The van der Waals surface area contributed by atoms with Crippen LogP contribution in [0.3, 0.4) is 0 Å². The van der Waals surface area contributed by atoms with Crippen LogP contribution in [0.2, 0.25) is 5.02 Å². The van der Waals surface area contributed by atoms with Gasteiger partial charge in [0.25, 0.3) is 5.91 Å². The average molecular weight is 362 g/mol. The molecule has 6 heteroatoms. The Morgan fingerprint density at radius 3 is 2.72 bits per heavy atom. The second-order valence-electron chi connectivity index (χ2n) is 5.69. The van der Waals surface area contributed by atoms with E-state index in [1.807, 2.05) is 43.3 Å². The van der Waals surface area contributed by atoms with Crippen molar-refractivity contribution in [2.45, 2.75) is 25.6 Å². The summed E-state index contributed by atoms with van der Waals surface area (Å²) >= 11 is 6.08. The summed E-state index contributed by atoms with van der Waals surface area (Å²) in [7, 11) is 0. The number of amides is 1. The van der Waals surface area contributed by atoms with Crippen molar-refractivity contribution in [1.82, 2.24) is 5.32 Å². The summed E-state index contributed by atoms with van der Waals surface area (Å²) < 4.78 is 17.2. The molecule has 1 amide bonds. The number of ether oxygens (including phenoxy) is 3. The summed E-state index contributed by atoms with van der Waals surface area (Å²) in [5.41, 5.74) is 0. The normalized spacial score (nSPS) is 16.8. The first-order valence-electron chi connectivity index (χ1n) is 8.24. The first-order valence-corrected chi connectivity index (χ1v) is 8.62. The first kappa shape index (κ1) is 17.4. The van der Waals surface area contributed by atoms with Crippen LogP contribution in [-0.4, -0.2) is 31.3 Å². The minimum Gasteiger partial charge on any atom is -0.486 e. The van der Waals surface area contributed by atoms with E-state index in [0.717, 1.165) is 5.75 Å². The summed E-state index contributed by atoms with van der Waals surface area (Å²) in [6, 6.07) is 14.6. The molecule has 0 saturated carbocycles. The Labute approximate surface area is 151 Å². The highest BCUT2D eigenvalue weighted by molar-refractivity contribution is 6.32. The molecule has 5 nitrogen and oxygen atoms in total. The summed E-state index contributed by atoms with van der Waals surface area (Å²) in [5.74, 6) is 1.70. The van der Waals surface area contributed by atoms with Gasteiger partial charge in [0.1, 0.15) is 18.5 Å². The molecule has 0 unspecified atom stereocenters. The average Bonchev–Trinajstić information content (AvgIpc) is 2.65. The topological polar surface area (TPSA) is 56.8 Å². The van der Waals surface area contributed by atoms with E-state index >= 15 is 0 Å². The summed E-state index contributed by atoms with van der Waals surface area (Å²) in [5, 5.41) is 3.34. The number of rotatable bonds is 6. The number of para-hydroxylation sites is 3. The number of halogens is 1. The number of benzene rings is 2. The molecule has 1 aliphatic heterocycles. The van der Waals surface area contributed by atoms with Gasteiger partial charge in [0.15, 0.2) is 17.6 Å². The number of carbonyl (C=O) groups is 1. The monoisotopic (exact) mass is 361 g/mol. The maximum atomic E-state index is 12.4. The highest BCUT2D eigenvalue weighted by Crippen LogP contribution is 2.30. The number of nitrogens with one attached hydrogen (secondary N) is 1. The van der Waals surface area contributed by atoms with E-state index in [2.05, 4.69) is 5.32 Å². The molecule has 0 spiro atoms. The molecule has 0 aromatic heterocycles. The van der Waals surface area contributed by atoms with E-state index in [1.54, 1.807) is 12.1 Å². The fourth-order valence-corrected chi connectivity index (χ4v) is 2.69. The fraction of sp³-hybridized carbons (Fsp3) is 0.316. The van der Waals surface area contributed by atoms with Crippen molar-refractivity contribution in [3.05, 3.63) is 53.6 Å². The van der Waals surface area contributed by atoms with Gasteiger partial charge in [-0.25, -0.2) is 0 Å². The van der Waals surface area contributed by atoms with Crippen molar-refractivity contribution in [2.75, 3.05) is 13.2 Å².